The van der Waals surface area contributed by atoms with Gasteiger partial charge in [-0.1, -0.05) is 23.5 Å². The van der Waals surface area contributed by atoms with Gasteiger partial charge in [-0.3, -0.25) is 14.6 Å². The first-order valence-electron chi connectivity index (χ1n) is 10.9. The standard InChI is InChI=1S/C23H24N4O4S2/c1-2-15-13-26(14-16-6-3-4-11-24-16)22(28)20-8-5-7-19(15)27(20)33(30,31)17-9-10-18-21(12-17)32-23(29)25-18/h2-4,6,9-12,15,19-20H,1,5,7-8,13-14H2,(H,25,29)/t15-,19?,20?/m0/s1. The number of aromatic nitrogens is 2. The number of aromatic amines is 1. The van der Waals surface area contributed by atoms with E-state index in [1.165, 1.54) is 16.4 Å². The lowest BCUT2D eigenvalue weighted by atomic mass is 9.90. The maximum absolute atomic E-state index is 13.9. The highest BCUT2D eigenvalue weighted by Gasteiger charge is 2.49. The molecule has 3 aromatic rings. The minimum absolute atomic E-state index is 0.0935. The van der Waals surface area contributed by atoms with Gasteiger partial charge in [0.25, 0.3) is 0 Å². The normalized spacial score (nSPS) is 24.1. The van der Waals surface area contributed by atoms with Crippen LogP contribution in [0.5, 0.6) is 0 Å². The van der Waals surface area contributed by atoms with Gasteiger partial charge in [-0.25, -0.2) is 8.42 Å². The molecule has 33 heavy (non-hydrogen) atoms. The van der Waals surface area contributed by atoms with Crippen molar-refractivity contribution >= 4 is 37.5 Å². The minimum Gasteiger partial charge on any atom is -0.335 e. The third kappa shape index (κ3) is 3.92. The zero-order valence-corrected chi connectivity index (χ0v) is 19.5. The average molecular weight is 485 g/mol. The molecule has 2 unspecified atom stereocenters. The van der Waals surface area contributed by atoms with E-state index in [4.69, 9.17) is 0 Å². The summed E-state index contributed by atoms with van der Waals surface area (Å²) < 4.78 is 29.8. The lowest BCUT2D eigenvalue weighted by molar-refractivity contribution is -0.135. The molecule has 0 spiro atoms. The summed E-state index contributed by atoms with van der Waals surface area (Å²) in [5.74, 6) is -0.407. The lowest BCUT2D eigenvalue weighted by Gasteiger charge is -2.40. The SMILES string of the molecule is C=C[C@H]1CN(Cc2ccccn2)C(=O)C2CCCC1N2S(=O)(=O)c1ccc2[nH]c(=O)sc2c1. The Labute approximate surface area is 195 Å². The van der Waals surface area contributed by atoms with Gasteiger partial charge in [0.15, 0.2) is 0 Å². The first kappa shape index (κ1) is 22.0. The van der Waals surface area contributed by atoms with Crippen molar-refractivity contribution in [2.24, 2.45) is 5.92 Å². The fourth-order valence-electron chi connectivity index (χ4n) is 4.93. The largest absolute Gasteiger partial charge is 0.335 e. The molecule has 1 amide bonds. The van der Waals surface area contributed by atoms with Crippen LogP contribution in [0.4, 0.5) is 0 Å². The van der Waals surface area contributed by atoms with Crippen LogP contribution in [0.3, 0.4) is 0 Å². The highest BCUT2D eigenvalue weighted by Crippen LogP contribution is 2.38. The number of hydrogen-bond donors (Lipinski definition) is 1. The molecule has 1 aromatic carbocycles. The summed E-state index contributed by atoms with van der Waals surface area (Å²) in [5.41, 5.74) is 1.36. The molecule has 2 saturated heterocycles. The van der Waals surface area contributed by atoms with E-state index in [0.29, 0.717) is 36.1 Å². The van der Waals surface area contributed by atoms with Gasteiger partial charge in [0.05, 0.1) is 27.4 Å². The Morgan fingerprint density at radius 3 is 2.82 bits per heavy atom. The number of sulfonamides is 1. The number of carbonyl (C=O) groups is 1. The van der Waals surface area contributed by atoms with E-state index >= 15 is 0 Å². The number of nitrogens with one attached hydrogen (secondary N) is 1. The second kappa shape index (κ2) is 8.51. The third-order valence-electron chi connectivity index (χ3n) is 6.48. The molecule has 10 heteroatoms. The van der Waals surface area contributed by atoms with Crippen LogP contribution in [0.1, 0.15) is 25.0 Å². The fraction of sp³-hybridized carbons (Fsp3) is 0.348. The Balaban J connectivity index is 1.56. The van der Waals surface area contributed by atoms with Gasteiger partial charge in [0, 0.05) is 24.7 Å². The summed E-state index contributed by atoms with van der Waals surface area (Å²) in [7, 11) is -3.99. The number of fused-ring (bicyclic) bond motifs is 3. The molecule has 3 atom stereocenters. The first-order chi connectivity index (χ1) is 15.9. The predicted molar refractivity (Wildman–Crippen MR) is 126 cm³/mol. The van der Waals surface area contributed by atoms with Crippen LogP contribution in [0, 0.1) is 5.92 Å². The van der Waals surface area contributed by atoms with E-state index in [1.54, 1.807) is 23.2 Å². The van der Waals surface area contributed by atoms with E-state index in [9.17, 15) is 18.0 Å². The molecular weight excluding hydrogens is 460 g/mol. The van der Waals surface area contributed by atoms with E-state index in [-0.39, 0.29) is 27.6 Å². The smallest absolute Gasteiger partial charge is 0.305 e. The number of hydrogen-bond acceptors (Lipinski definition) is 6. The summed E-state index contributed by atoms with van der Waals surface area (Å²) in [6, 6.07) is 9.04. The van der Waals surface area contributed by atoms with E-state index in [0.717, 1.165) is 23.5 Å². The molecule has 0 aliphatic carbocycles. The van der Waals surface area contributed by atoms with Crippen molar-refractivity contribution in [3.8, 4) is 0 Å². The molecule has 4 heterocycles. The quantitative estimate of drug-likeness (QED) is 0.561. The predicted octanol–water partition coefficient (Wildman–Crippen LogP) is 2.74. The number of benzene rings is 1. The van der Waals surface area contributed by atoms with E-state index < -0.39 is 16.1 Å². The van der Waals surface area contributed by atoms with Gasteiger partial charge >= 0.3 is 4.87 Å². The van der Waals surface area contributed by atoms with Crippen LogP contribution >= 0.6 is 11.3 Å². The van der Waals surface area contributed by atoms with Crippen LogP contribution in [0.25, 0.3) is 10.2 Å². The summed E-state index contributed by atoms with van der Waals surface area (Å²) in [4.78, 5) is 34.0. The third-order valence-corrected chi connectivity index (χ3v) is 9.26. The van der Waals surface area contributed by atoms with Crippen LogP contribution in [0.15, 0.2) is 64.9 Å². The molecule has 2 aliphatic heterocycles. The fourth-order valence-corrected chi connectivity index (χ4v) is 7.68. The Morgan fingerprint density at radius 1 is 1.21 bits per heavy atom. The molecule has 2 aliphatic rings. The van der Waals surface area contributed by atoms with Gasteiger partial charge < -0.3 is 9.88 Å². The average Bonchev–Trinajstić information content (AvgIpc) is 3.18. The Morgan fingerprint density at radius 2 is 2.06 bits per heavy atom. The molecule has 5 rings (SSSR count). The number of amides is 1. The second-order valence-corrected chi connectivity index (χ2v) is 11.3. The highest BCUT2D eigenvalue weighted by atomic mass is 32.2. The number of pyridine rings is 1. The van der Waals surface area contributed by atoms with Gasteiger partial charge in [-0.05, 0) is 49.6 Å². The first-order valence-corrected chi connectivity index (χ1v) is 13.1. The molecule has 2 aromatic heterocycles. The number of carbonyl (C=O) groups excluding carboxylic acids is 1. The van der Waals surface area contributed by atoms with Crippen molar-refractivity contribution < 1.29 is 13.2 Å². The van der Waals surface area contributed by atoms with Crippen molar-refractivity contribution in [2.75, 3.05) is 6.54 Å². The highest BCUT2D eigenvalue weighted by molar-refractivity contribution is 7.89. The second-order valence-electron chi connectivity index (χ2n) is 8.46. The zero-order valence-electron chi connectivity index (χ0n) is 17.9. The van der Waals surface area contributed by atoms with Crippen molar-refractivity contribution in [3.05, 3.63) is 70.6 Å². The minimum atomic E-state index is -3.99. The molecule has 2 fully saturated rings. The van der Waals surface area contributed by atoms with Gasteiger partial charge in [0.1, 0.15) is 6.04 Å². The maximum Gasteiger partial charge on any atom is 0.305 e. The Hall–Kier alpha value is -2.82. The number of H-pyrrole nitrogens is 1. The molecule has 2 bridgehead atoms. The van der Waals surface area contributed by atoms with Crippen molar-refractivity contribution in [1.29, 1.82) is 0 Å². The van der Waals surface area contributed by atoms with Crippen LogP contribution in [-0.2, 0) is 21.4 Å². The summed E-state index contributed by atoms with van der Waals surface area (Å²) in [6.07, 6.45) is 5.35. The van der Waals surface area contributed by atoms with Crippen LogP contribution in [-0.4, -0.2) is 52.1 Å². The summed E-state index contributed by atoms with van der Waals surface area (Å²) in [6.45, 7) is 4.68. The summed E-state index contributed by atoms with van der Waals surface area (Å²) >= 11 is 0.969. The van der Waals surface area contributed by atoms with Crippen molar-refractivity contribution in [1.82, 2.24) is 19.2 Å². The zero-order chi connectivity index (χ0) is 23.2. The molecule has 0 saturated carbocycles. The lowest BCUT2D eigenvalue weighted by Crippen LogP contribution is -2.54. The number of piperidine rings is 1. The molecule has 8 nitrogen and oxygen atoms in total. The van der Waals surface area contributed by atoms with Gasteiger partial charge in [0.2, 0.25) is 15.9 Å². The Bertz CT molecular complexity index is 1370. The van der Waals surface area contributed by atoms with Crippen LogP contribution < -0.4 is 4.87 Å². The molecular formula is C23H24N4O4S2. The van der Waals surface area contributed by atoms with Crippen molar-refractivity contribution in [3.63, 3.8) is 0 Å². The molecule has 1 N–H and O–H groups in total. The topological polar surface area (TPSA) is 103 Å². The summed E-state index contributed by atoms with van der Waals surface area (Å²) in [5, 5.41) is 0. The van der Waals surface area contributed by atoms with Gasteiger partial charge in [-0.15, -0.1) is 6.58 Å². The Kier molecular flexibility index (Phi) is 5.67. The maximum atomic E-state index is 13.9. The van der Waals surface area contributed by atoms with E-state index in [1.807, 2.05) is 18.2 Å². The number of nitrogens with zero attached hydrogens (tertiary/aromatic N) is 3. The van der Waals surface area contributed by atoms with Crippen LogP contribution in [0.2, 0.25) is 0 Å². The van der Waals surface area contributed by atoms with E-state index in [2.05, 4.69) is 16.5 Å². The van der Waals surface area contributed by atoms with Gasteiger partial charge in [-0.2, -0.15) is 4.31 Å². The number of thiazole rings is 1. The molecule has 0 radical (unpaired) electrons. The number of rotatable bonds is 5. The van der Waals surface area contributed by atoms with Crippen molar-refractivity contribution in [2.45, 2.75) is 42.8 Å². The molecule has 172 valence electrons. The monoisotopic (exact) mass is 484 g/mol.